The Hall–Kier alpha value is 0.400. The molecule has 2 aliphatic rings. The molecule has 1 aliphatic carbocycles. The molecule has 2 rings (SSSR count). The van der Waals surface area contributed by atoms with Gasteiger partial charge in [0, 0.05) is 44.6 Å². The fourth-order valence-electron chi connectivity index (χ4n) is 2.59. The summed E-state index contributed by atoms with van der Waals surface area (Å²) < 4.78 is 0. The van der Waals surface area contributed by atoms with E-state index < -0.39 is 0 Å². The van der Waals surface area contributed by atoms with Gasteiger partial charge in [-0.25, -0.2) is 0 Å². The van der Waals surface area contributed by atoms with Crippen LogP contribution in [0.3, 0.4) is 0 Å². The zero-order valence-corrected chi connectivity index (χ0v) is 13.0. The highest BCUT2D eigenvalue weighted by atomic mass is 79.9. The van der Waals surface area contributed by atoms with Gasteiger partial charge in [0.05, 0.1) is 0 Å². The van der Waals surface area contributed by atoms with Gasteiger partial charge in [-0.05, 0) is 30.6 Å². The second-order valence-corrected chi connectivity index (χ2v) is 6.85. The Kier molecular flexibility index (Phi) is 5.31. The second-order valence-electron chi connectivity index (χ2n) is 6.20. The lowest BCUT2D eigenvalue weighted by atomic mass is 9.97. The van der Waals surface area contributed by atoms with Crippen LogP contribution in [0.4, 0.5) is 0 Å². The lowest BCUT2D eigenvalue weighted by molar-refractivity contribution is 0.110. The molecule has 1 saturated heterocycles. The van der Waals surface area contributed by atoms with E-state index in [2.05, 4.69) is 39.6 Å². The molecule has 0 amide bonds. The molecule has 17 heavy (non-hydrogen) atoms. The van der Waals surface area contributed by atoms with Crippen molar-refractivity contribution in [2.24, 2.45) is 17.8 Å². The summed E-state index contributed by atoms with van der Waals surface area (Å²) >= 11 is 3.66. The zero-order chi connectivity index (χ0) is 12.3. The molecular formula is C14H27BrN2. The summed E-state index contributed by atoms with van der Waals surface area (Å²) in [6, 6.07) is 0. The first-order chi connectivity index (χ1) is 8.19. The van der Waals surface area contributed by atoms with E-state index >= 15 is 0 Å². The number of hydrogen-bond donors (Lipinski definition) is 0. The van der Waals surface area contributed by atoms with Crippen LogP contribution in [0.5, 0.6) is 0 Å². The van der Waals surface area contributed by atoms with E-state index in [4.69, 9.17) is 0 Å². The summed E-state index contributed by atoms with van der Waals surface area (Å²) in [5.74, 6) is 2.65. The second kappa shape index (κ2) is 6.53. The summed E-state index contributed by atoms with van der Waals surface area (Å²) in [7, 11) is 0. The number of halogens is 1. The summed E-state index contributed by atoms with van der Waals surface area (Å²) in [6.07, 6.45) is 2.97. The van der Waals surface area contributed by atoms with Gasteiger partial charge in [0.15, 0.2) is 0 Å². The molecule has 0 aromatic heterocycles. The maximum atomic E-state index is 3.66. The first kappa shape index (κ1) is 13.8. The molecule has 2 fully saturated rings. The number of alkyl halides is 1. The van der Waals surface area contributed by atoms with E-state index in [1.165, 1.54) is 52.1 Å². The molecule has 0 spiro atoms. The van der Waals surface area contributed by atoms with Crippen molar-refractivity contribution in [1.82, 2.24) is 9.80 Å². The van der Waals surface area contributed by atoms with Crippen LogP contribution >= 0.6 is 15.9 Å². The largest absolute Gasteiger partial charge is 0.301 e. The number of nitrogens with zero attached hydrogens (tertiary/aromatic N) is 2. The highest BCUT2D eigenvalue weighted by Gasteiger charge is 2.27. The lowest BCUT2D eigenvalue weighted by Gasteiger charge is -2.37. The molecule has 1 atom stereocenters. The standard InChI is InChI=1S/C14H27BrN2/c1-12(2)14(9-15)11-17-7-5-16(6-8-17)10-13-3-4-13/h12-14H,3-11H2,1-2H3. The van der Waals surface area contributed by atoms with E-state index in [0.717, 1.165) is 23.1 Å². The maximum Gasteiger partial charge on any atom is 0.0110 e. The SMILES string of the molecule is CC(C)C(CBr)CN1CCN(CC2CC2)CC1. The van der Waals surface area contributed by atoms with Crippen LogP contribution in [0.1, 0.15) is 26.7 Å². The molecule has 100 valence electrons. The van der Waals surface area contributed by atoms with Gasteiger partial charge in [0.2, 0.25) is 0 Å². The molecule has 3 heteroatoms. The molecule has 0 aromatic rings. The molecule has 0 bridgehead atoms. The molecule has 1 aliphatic heterocycles. The van der Waals surface area contributed by atoms with Crippen LogP contribution in [-0.4, -0.2) is 54.4 Å². The Morgan fingerprint density at radius 2 is 1.65 bits per heavy atom. The molecule has 0 aromatic carbocycles. The van der Waals surface area contributed by atoms with Crippen LogP contribution in [-0.2, 0) is 0 Å². The molecule has 1 saturated carbocycles. The van der Waals surface area contributed by atoms with E-state index in [0.29, 0.717) is 0 Å². The monoisotopic (exact) mass is 302 g/mol. The average Bonchev–Trinajstić information content (AvgIpc) is 3.11. The van der Waals surface area contributed by atoms with Gasteiger partial charge in [-0.1, -0.05) is 29.8 Å². The van der Waals surface area contributed by atoms with Crippen molar-refractivity contribution in [2.75, 3.05) is 44.6 Å². The first-order valence-corrected chi connectivity index (χ1v) is 8.32. The highest BCUT2D eigenvalue weighted by Crippen LogP contribution is 2.30. The minimum atomic E-state index is 0.791. The van der Waals surface area contributed by atoms with Gasteiger partial charge in [0.25, 0.3) is 0 Å². The van der Waals surface area contributed by atoms with Crippen molar-refractivity contribution in [1.29, 1.82) is 0 Å². The van der Waals surface area contributed by atoms with E-state index in [9.17, 15) is 0 Å². The van der Waals surface area contributed by atoms with Gasteiger partial charge >= 0.3 is 0 Å². The third-order valence-electron chi connectivity index (χ3n) is 4.31. The molecule has 2 nitrogen and oxygen atoms in total. The van der Waals surface area contributed by atoms with Gasteiger partial charge < -0.3 is 9.80 Å². The lowest BCUT2D eigenvalue weighted by Crippen LogP contribution is -2.48. The molecular weight excluding hydrogens is 276 g/mol. The van der Waals surface area contributed by atoms with Crippen molar-refractivity contribution in [2.45, 2.75) is 26.7 Å². The zero-order valence-electron chi connectivity index (χ0n) is 11.4. The highest BCUT2D eigenvalue weighted by molar-refractivity contribution is 9.09. The van der Waals surface area contributed by atoms with Crippen LogP contribution in [0.15, 0.2) is 0 Å². The van der Waals surface area contributed by atoms with E-state index in [1.807, 2.05) is 0 Å². The average molecular weight is 303 g/mol. The van der Waals surface area contributed by atoms with Gasteiger partial charge in [0.1, 0.15) is 0 Å². The fourth-order valence-corrected chi connectivity index (χ4v) is 3.54. The maximum absolute atomic E-state index is 3.66. The minimum absolute atomic E-state index is 0.791. The quantitative estimate of drug-likeness (QED) is 0.696. The van der Waals surface area contributed by atoms with Crippen molar-refractivity contribution in [3.63, 3.8) is 0 Å². The number of rotatable bonds is 6. The number of hydrogen-bond acceptors (Lipinski definition) is 2. The Labute approximate surface area is 115 Å². The molecule has 0 N–H and O–H groups in total. The molecule has 0 radical (unpaired) electrons. The van der Waals surface area contributed by atoms with E-state index in [1.54, 1.807) is 0 Å². The first-order valence-electron chi connectivity index (χ1n) is 7.19. The van der Waals surface area contributed by atoms with Crippen molar-refractivity contribution >= 4 is 15.9 Å². The van der Waals surface area contributed by atoms with Crippen molar-refractivity contribution in [3.8, 4) is 0 Å². The van der Waals surface area contributed by atoms with Crippen LogP contribution < -0.4 is 0 Å². The smallest absolute Gasteiger partial charge is 0.0110 e. The topological polar surface area (TPSA) is 6.48 Å². The van der Waals surface area contributed by atoms with E-state index in [-0.39, 0.29) is 0 Å². The Bertz CT molecular complexity index is 220. The predicted octanol–water partition coefficient (Wildman–Crippen LogP) is 2.68. The number of piperazine rings is 1. The third kappa shape index (κ3) is 4.53. The summed E-state index contributed by atoms with van der Waals surface area (Å²) in [4.78, 5) is 5.34. The Morgan fingerprint density at radius 3 is 2.12 bits per heavy atom. The summed E-state index contributed by atoms with van der Waals surface area (Å²) in [6.45, 7) is 12.5. The molecule has 1 heterocycles. The molecule has 1 unspecified atom stereocenters. The summed E-state index contributed by atoms with van der Waals surface area (Å²) in [5, 5.41) is 1.15. The minimum Gasteiger partial charge on any atom is -0.301 e. The van der Waals surface area contributed by atoms with Gasteiger partial charge in [-0.3, -0.25) is 0 Å². The van der Waals surface area contributed by atoms with Crippen LogP contribution in [0.25, 0.3) is 0 Å². The van der Waals surface area contributed by atoms with Crippen LogP contribution in [0.2, 0.25) is 0 Å². The van der Waals surface area contributed by atoms with Crippen LogP contribution in [0, 0.1) is 17.8 Å². The third-order valence-corrected chi connectivity index (χ3v) is 5.14. The van der Waals surface area contributed by atoms with Crippen molar-refractivity contribution < 1.29 is 0 Å². The van der Waals surface area contributed by atoms with Gasteiger partial charge in [-0.2, -0.15) is 0 Å². The van der Waals surface area contributed by atoms with Gasteiger partial charge in [-0.15, -0.1) is 0 Å². The summed E-state index contributed by atoms with van der Waals surface area (Å²) in [5.41, 5.74) is 0. The Morgan fingerprint density at radius 1 is 1.06 bits per heavy atom. The normalized spacial score (nSPS) is 25.4. The fraction of sp³-hybridized carbons (Fsp3) is 1.00. The Balaban J connectivity index is 1.66. The predicted molar refractivity (Wildman–Crippen MR) is 77.7 cm³/mol. The van der Waals surface area contributed by atoms with Crippen molar-refractivity contribution in [3.05, 3.63) is 0 Å².